The zero-order valence-corrected chi connectivity index (χ0v) is 29.5. The molecule has 0 fully saturated rings. The fourth-order valence-electron chi connectivity index (χ4n) is 5.54. The van der Waals surface area contributed by atoms with Crippen LogP contribution in [0.3, 0.4) is 0 Å². The molecular weight excluding hydrogens is 532 g/mol. The van der Waals surface area contributed by atoms with Crippen LogP contribution in [-0.4, -0.2) is 11.4 Å². The van der Waals surface area contributed by atoms with E-state index >= 15 is 0 Å². The van der Waals surface area contributed by atoms with Gasteiger partial charge in [-0.2, -0.15) is 0 Å². The van der Waals surface area contributed by atoms with Gasteiger partial charge in [-0.3, -0.25) is 4.99 Å². The van der Waals surface area contributed by atoms with E-state index in [4.69, 9.17) is 9.98 Å². The van der Waals surface area contributed by atoms with Crippen molar-refractivity contribution in [3.05, 3.63) is 58.7 Å². The van der Waals surface area contributed by atoms with Crippen LogP contribution in [0.25, 0.3) is 0 Å². The lowest BCUT2D eigenvalue weighted by Crippen LogP contribution is -2.12. The first-order chi connectivity index (χ1) is 21.4. The minimum atomic E-state index is 0.837. The number of hydrogen-bond donors (Lipinski definition) is 0. The molecule has 0 aliphatic rings. The predicted molar refractivity (Wildman–Crippen MR) is 197 cm³/mol. The third-order valence-corrected chi connectivity index (χ3v) is 8.89. The molecule has 0 N–H and O–H groups in total. The van der Waals surface area contributed by atoms with E-state index in [2.05, 4.69) is 89.8 Å². The summed E-state index contributed by atoms with van der Waals surface area (Å²) in [5, 5.41) is 0. The van der Waals surface area contributed by atoms with Crippen molar-refractivity contribution in [2.24, 2.45) is 9.98 Å². The van der Waals surface area contributed by atoms with Gasteiger partial charge in [-0.05, 0) is 99.4 Å². The van der Waals surface area contributed by atoms with Crippen LogP contribution in [0.1, 0.15) is 165 Å². The second-order valence-corrected chi connectivity index (χ2v) is 13.0. The Hall–Kier alpha value is -2.66. The van der Waals surface area contributed by atoms with Gasteiger partial charge in [0, 0.05) is 6.42 Å². The number of rotatable bonds is 22. The van der Waals surface area contributed by atoms with Gasteiger partial charge in [-0.1, -0.05) is 135 Å². The number of aliphatic imine (C=N–C) groups is 2. The molecule has 0 saturated heterocycles. The van der Waals surface area contributed by atoms with Crippen molar-refractivity contribution in [2.75, 3.05) is 0 Å². The normalized spacial score (nSPS) is 12.0. The molecule has 44 heavy (non-hydrogen) atoms. The molecule has 2 nitrogen and oxygen atoms in total. The van der Waals surface area contributed by atoms with Gasteiger partial charge in [0.2, 0.25) is 0 Å². The van der Waals surface area contributed by atoms with Crippen LogP contribution in [0.4, 0.5) is 11.4 Å². The van der Waals surface area contributed by atoms with Gasteiger partial charge in [0.25, 0.3) is 0 Å². The number of aryl methyl sites for hydroxylation is 4. The molecule has 0 unspecified atom stereocenters. The van der Waals surface area contributed by atoms with Crippen LogP contribution in [0.2, 0.25) is 0 Å². The average Bonchev–Trinajstić information content (AvgIpc) is 3.01. The van der Waals surface area contributed by atoms with Crippen molar-refractivity contribution in [2.45, 2.75) is 170 Å². The van der Waals surface area contributed by atoms with Crippen molar-refractivity contribution in [3.8, 4) is 11.8 Å². The zero-order valence-electron chi connectivity index (χ0n) is 29.5. The highest BCUT2D eigenvalue weighted by Gasteiger charge is 2.10. The van der Waals surface area contributed by atoms with E-state index in [9.17, 15) is 0 Å². The lowest BCUT2D eigenvalue weighted by Gasteiger charge is -2.09. The molecule has 242 valence electrons. The quantitative estimate of drug-likeness (QED) is 0.0734. The second kappa shape index (κ2) is 23.7. The number of unbranched alkanes of at least 4 members (excludes halogenated alkanes) is 17. The molecule has 0 bridgehead atoms. The molecule has 0 aliphatic carbocycles. The predicted octanol–water partition coefficient (Wildman–Crippen LogP) is 13.6. The molecule has 2 heteroatoms. The van der Waals surface area contributed by atoms with Crippen molar-refractivity contribution in [3.63, 3.8) is 0 Å². The Balaban J connectivity index is 1.93. The van der Waals surface area contributed by atoms with Crippen molar-refractivity contribution >= 4 is 22.8 Å². The Morgan fingerprint density at radius 1 is 0.500 bits per heavy atom. The first-order valence-electron chi connectivity index (χ1n) is 18.2. The Kier molecular flexibility index (Phi) is 20.2. The summed E-state index contributed by atoms with van der Waals surface area (Å²) in [5.41, 5.74) is 8.93. The molecule has 0 amide bonds. The van der Waals surface area contributed by atoms with E-state index in [1.54, 1.807) is 0 Å². The van der Waals surface area contributed by atoms with E-state index in [1.165, 1.54) is 131 Å². The van der Waals surface area contributed by atoms with E-state index in [-0.39, 0.29) is 0 Å². The highest BCUT2D eigenvalue weighted by molar-refractivity contribution is 6.49. The minimum absolute atomic E-state index is 0.837. The summed E-state index contributed by atoms with van der Waals surface area (Å²) in [6, 6.07) is 12.9. The minimum Gasteiger partial charge on any atom is -0.251 e. The van der Waals surface area contributed by atoms with Crippen LogP contribution < -0.4 is 0 Å². The smallest absolute Gasteiger partial charge is 0.135 e. The highest BCUT2D eigenvalue weighted by atomic mass is 14.8. The molecular formula is C42H64N2. The molecule has 0 heterocycles. The van der Waals surface area contributed by atoms with Gasteiger partial charge in [-0.15, -0.1) is 0 Å². The Morgan fingerprint density at radius 3 is 1.41 bits per heavy atom. The maximum atomic E-state index is 5.15. The lowest BCUT2D eigenvalue weighted by molar-refractivity contribution is 0.533. The van der Waals surface area contributed by atoms with Crippen LogP contribution in [-0.2, 0) is 0 Å². The van der Waals surface area contributed by atoms with Crippen LogP contribution in [0.5, 0.6) is 0 Å². The SMILES string of the molecule is CCCCCCCCCCCCCCCCCC#CC(=Nc1ccc(C)c(C)c1)C(CCCCC)=Nc1ccc(C)c(C)c1. The third-order valence-electron chi connectivity index (χ3n) is 8.89. The molecule has 2 aromatic carbocycles. The van der Waals surface area contributed by atoms with Gasteiger partial charge >= 0.3 is 0 Å². The molecule has 0 saturated carbocycles. The van der Waals surface area contributed by atoms with E-state index in [1.807, 2.05) is 0 Å². The molecule has 0 aromatic heterocycles. The van der Waals surface area contributed by atoms with Crippen LogP contribution in [0.15, 0.2) is 46.4 Å². The van der Waals surface area contributed by atoms with Crippen LogP contribution >= 0.6 is 0 Å². The third kappa shape index (κ3) is 16.4. The van der Waals surface area contributed by atoms with Gasteiger partial charge in [0.15, 0.2) is 0 Å². The first-order valence-corrected chi connectivity index (χ1v) is 18.2. The summed E-state index contributed by atoms with van der Waals surface area (Å²) in [6.45, 7) is 13.2. The maximum absolute atomic E-state index is 5.15. The summed E-state index contributed by atoms with van der Waals surface area (Å²) in [4.78, 5) is 10.2. The standard InChI is InChI=1S/C42H64N2/c1-7-9-11-12-13-14-15-16-17-18-19-20-21-22-23-24-26-28-42(44-40-32-30-36(4)38(6)34-40)41(27-25-10-8-2)43-39-31-29-35(3)37(5)33-39/h29-34H,7-25,27H2,1-6H3. The van der Waals surface area contributed by atoms with Gasteiger partial charge in [0.05, 0.1) is 17.1 Å². The average molecular weight is 597 g/mol. The molecule has 0 aliphatic heterocycles. The highest BCUT2D eigenvalue weighted by Crippen LogP contribution is 2.22. The molecule has 2 aromatic rings. The fraction of sp³-hybridized carbons (Fsp3) is 0.619. The first kappa shape index (κ1) is 37.5. The number of nitrogens with zero attached hydrogens (tertiary/aromatic N) is 2. The van der Waals surface area contributed by atoms with E-state index < -0.39 is 0 Å². The van der Waals surface area contributed by atoms with Gasteiger partial charge in [0.1, 0.15) is 5.71 Å². The number of benzene rings is 2. The Labute approximate surface area is 272 Å². The van der Waals surface area contributed by atoms with Crippen LogP contribution in [0, 0.1) is 39.5 Å². The summed E-state index contributed by atoms with van der Waals surface area (Å²) < 4.78 is 0. The summed E-state index contributed by atoms with van der Waals surface area (Å²) in [6.07, 6.45) is 26.1. The largest absolute Gasteiger partial charge is 0.251 e. The number of hydrogen-bond acceptors (Lipinski definition) is 2. The summed E-state index contributed by atoms with van der Waals surface area (Å²) >= 11 is 0. The fourth-order valence-corrected chi connectivity index (χ4v) is 5.54. The Morgan fingerprint density at radius 2 is 0.932 bits per heavy atom. The summed E-state index contributed by atoms with van der Waals surface area (Å²) in [7, 11) is 0. The summed E-state index contributed by atoms with van der Waals surface area (Å²) in [5.74, 6) is 6.99. The maximum Gasteiger partial charge on any atom is 0.135 e. The van der Waals surface area contributed by atoms with Crippen molar-refractivity contribution in [1.29, 1.82) is 0 Å². The monoisotopic (exact) mass is 597 g/mol. The lowest BCUT2D eigenvalue weighted by atomic mass is 10.0. The van der Waals surface area contributed by atoms with E-state index in [0.29, 0.717) is 0 Å². The molecule has 0 spiro atoms. The van der Waals surface area contributed by atoms with Crippen molar-refractivity contribution in [1.82, 2.24) is 0 Å². The van der Waals surface area contributed by atoms with Gasteiger partial charge < -0.3 is 0 Å². The Bertz CT molecular complexity index is 1190. The second-order valence-electron chi connectivity index (χ2n) is 13.0. The van der Waals surface area contributed by atoms with Crippen molar-refractivity contribution < 1.29 is 0 Å². The zero-order chi connectivity index (χ0) is 31.8. The molecule has 0 atom stereocenters. The topological polar surface area (TPSA) is 24.7 Å². The molecule has 0 radical (unpaired) electrons. The van der Waals surface area contributed by atoms with E-state index in [0.717, 1.165) is 42.1 Å². The molecule has 2 rings (SSSR count). The van der Waals surface area contributed by atoms with Gasteiger partial charge in [-0.25, -0.2) is 4.99 Å².